The molecule has 0 aromatic heterocycles. The van der Waals surface area contributed by atoms with E-state index in [1.165, 1.54) is 0 Å². The molecule has 15 heavy (non-hydrogen) atoms. The summed E-state index contributed by atoms with van der Waals surface area (Å²) < 4.78 is 26.5. The molecule has 1 aliphatic carbocycles. The normalized spacial score (nSPS) is 17.9. The van der Waals surface area contributed by atoms with Crippen molar-refractivity contribution < 1.29 is 19.0 Å². The summed E-state index contributed by atoms with van der Waals surface area (Å²) >= 11 is 5.43. The molecule has 0 spiro atoms. The zero-order valence-electron chi connectivity index (χ0n) is 7.73. The summed E-state index contributed by atoms with van der Waals surface area (Å²) in [6.07, 6.45) is 0.947. The number of aliphatic hydroxyl groups is 1. The van der Waals surface area contributed by atoms with Crippen LogP contribution in [-0.2, 0) is 6.42 Å². The number of aromatic hydroxyl groups is 1. The number of phenolic OH excluding ortho intramolecular Hbond substituents is 1. The number of phenols is 1. The molecule has 1 aliphatic rings. The first-order chi connectivity index (χ1) is 6.93. The monoisotopic (exact) mass is 234 g/mol. The van der Waals surface area contributed by atoms with E-state index >= 15 is 0 Å². The van der Waals surface area contributed by atoms with Crippen LogP contribution in [0.2, 0.25) is 5.02 Å². The van der Waals surface area contributed by atoms with Crippen molar-refractivity contribution in [3.63, 3.8) is 0 Å². The van der Waals surface area contributed by atoms with Crippen molar-refractivity contribution in [3.05, 3.63) is 28.3 Å². The summed E-state index contributed by atoms with van der Waals surface area (Å²) in [7, 11) is 0. The van der Waals surface area contributed by atoms with Crippen LogP contribution in [-0.4, -0.2) is 15.8 Å². The van der Waals surface area contributed by atoms with Gasteiger partial charge in [-0.2, -0.15) is 0 Å². The third kappa shape index (κ3) is 1.92. The SMILES string of the molecule is Oc1c(F)cc(Cl)c(F)c1CC1(O)CC1. The zero-order valence-corrected chi connectivity index (χ0v) is 8.48. The van der Waals surface area contributed by atoms with Crippen LogP contribution in [0.3, 0.4) is 0 Å². The number of hydrogen-bond donors (Lipinski definition) is 2. The lowest BCUT2D eigenvalue weighted by Crippen LogP contribution is -2.12. The van der Waals surface area contributed by atoms with E-state index < -0.39 is 23.0 Å². The van der Waals surface area contributed by atoms with Crippen LogP contribution < -0.4 is 0 Å². The fourth-order valence-electron chi connectivity index (χ4n) is 1.45. The highest BCUT2D eigenvalue weighted by atomic mass is 35.5. The summed E-state index contributed by atoms with van der Waals surface area (Å²) in [5, 5.41) is 18.5. The lowest BCUT2D eigenvalue weighted by molar-refractivity contribution is 0.148. The van der Waals surface area contributed by atoms with Gasteiger partial charge in [-0.25, -0.2) is 8.78 Å². The maximum Gasteiger partial charge on any atom is 0.166 e. The summed E-state index contributed by atoms with van der Waals surface area (Å²) in [5.41, 5.74) is -1.25. The van der Waals surface area contributed by atoms with E-state index in [1.54, 1.807) is 0 Å². The quantitative estimate of drug-likeness (QED) is 0.772. The maximum atomic E-state index is 13.4. The Morgan fingerprint density at radius 2 is 2.00 bits per heavy atom. The zero-order chi connectivity index (χ0) is 11.2. The van der Waals surface area contributed by atoms with E-state index in [0.29, 0.717) is 18.9 Å². The molecule has 2 rings (SSSR count). The minimum Gasteiger partial charge on any atom is -0.505 e. The topological polar surface area (TPSA) is 40.5 Å². The second-order valence-electron chi connectivity index (χ2n) is 3.88. The standard InChI is InChI=1S/C10H9ClF2O2/c11-6-3-7(12)9(14)5(8(6)13)4-10(15)1-2-10/h3,14-15H,1-2,4H2. The average molecular weight is 235 g/mol. The van der Waals surface area contributed by atoms with E-state index in [2.05, 4.69) is 0 Å². The highest BCUT2D eigenvalue weighted by Gasteiger charge is 2.42. The van der Waals surface area contributed by atoms with Crippen LogP contribution in [0.5, 0.6) is 5.75 Å². The molecular weight excluding hydrogens is 226 g/mol. The maximum absolute atomic E-state index is 13.4. The van der Waals surface area contributed by atoms with Crippen molar-refractivity contribution in [1.29, 1.82) is 0 Å². The minimum atomic E-state index is -1.00. The van der Waals surface area contributed by atoms with Gasteiger partial charge in [0.25, 0.3) is 0 Å². The first kappa shape index (κ1) is 10.6. The van der Waals surface area contributed by atoms with Crippen molar-refractivity contribution >= 4 is 11.6 Å². The molecule has 0 unspecified atom stereocenters. The van der Waals surface area contributed by atoms with Gasteiger partial charge in [-0.1, -0.05) is 11.6 Å². The second kappa shape index (κ2) is 3.32. The van der Waals surface area contributed by atoms with Crippen LogP contribution in [0.15, 0.2) is 6.07 Å². The van der Waals surface area contributed by atoms with Gasteiger partial charge in [-0.3, -0.25) is 0 Å². The van der Waals surface area contributed by atoms with Gasteiger partial charge in [0.15, 0.2) is 11.6 Å². The molecular formula is C10H9ClF2O2. The summed E-state index contributed by atoms with van der Waals surface area (Å²) in [6.45, 7) is 0. The molecule has 0 aliphatic heterocycles. The molecule has 5 heteroatoms. The molecule has 0 radical (unpaired) electrons. The lowest BCUT2D eigenvalue weighted by Gasteiger charge is -2.11. The Morgan fingerprint density at radius 3 is 2.53 bits per heavy atom. The van der Waals surface area contributed by atoms with Gasteiger partial charge in [-0.05, 0) is 18.9 Å². The fraction of sp³-hybridized carbons (Fsp3) is 0.400. The van der Waals surface area contributed by atoms with Crippen LogP contribution in [0.1, 0.15) is 18.4 Å². The number of hydrogen-bond acceptors (Lipinski definition) is 2. The third-order valence-corrected chi connectivity index (χ3v) is 2.85. The van der Waals surface area contributed by atoms with Crippen molar-refractivity contribution in [3.8, 4) is 5.75 Å². The highest BCUT2D eigenvalue weighted by molar-refractivity contribution is 6.30. The fourth-order valence-corrected chi connectivity index (χ4v) is 1.66. The van der Waals surface area contributed by atoms with Gasteiger partial charge in [0.1, 0.15) is 5.82 Å². The molecule has 82 valence electrons. The average Bonchev–Trinajstić information content (AvgIpc) is 2.89. The second-order valence-corrected chi connectivity index (χ2v) is 4.29. The highest BCUT2D eigenvalue weighted by Crippen LogP contribution is 2.42. The number of benzene rings is 1. The predicted molar refractivity (Wildman–Crippen MR) is 50.9 cm³/mol. The van der Waals surface area contributed by atoms with E-state index in [-0.39, 0.29) is 17.0 Å². The molecule has 1 aromatic carbocycles. The van der Waals surface area contributed by atoms with E-state index in [0.717, 1.165) is 0 Å². The summed E-state index contributed by atoms with van der Waals surface area (Å²) in [6, 6.07) is 0.715. The van der Waals surface area contributed by atoms with Crippen LogP contribution in [0.4, 0.5) is 8.78 Å². The van der Waals surface area contributed by atoms with E-state index in [1.807, 2.05) is 0 Å². The molecule has 0 bridgehead atoms. The molecule has 2 N–H and O–H groups in total. The summed E-state index contributed by atoms with van der Waals surface area (Å²) in [5.74, 6) is -2.60. The van der Waals surface area contributed by atoms with Gasteiger partial charge in [0.2, 0.25) is 0 Å². The smallest absolute Gasteiger partial charge is 0.166 e. The Labute approximate surface area is 90.1 Å². The Balaban J connectivity index is 2.44. The van der Waals surface area contributed by atoms with Gasteiger partial charge in [0, 0.05) is 12.0 Å². The molecule has 1 fully saturated rings. The largest absolute Gasteiger partial charge is 0.505 e. The van der Waals surface area contributed by atoms with E-state index in [9.17, 15) is 19.0 Å². The van der Waals surface area contributed by atoms with Gasteiger partial charge in [-0.15, -0.1) is 0 Å². The van der Waals surface area contributed by atoms with Crippen LogP contribution in [0, 0.1) is 11.6 Å². The van der Waals surface area contributed by atoms with Crippen LogP contribution in [0.25, 0.3) is 0 Å². The van der Waals surface area contributed by atoms with Gasteiger partial charge >= 0.3 is 0 Å². The molecule has 2 nitrogen and oxygen atoms in total. The van der Waals surface area contributed by atoms with Crippen LogP contribution >= 0.6 is 11.6 Å². The van der Waals surface area contributed by atoms with Gasteiger partial charge < -0.3 is 10.2 Å². The molecule has 1 saturated carbocycles. The first-order valence-corrected chi connectivity index (χ1v) is 4.88. The minimum absolute atomic E-state index is 0.109. The third-order valence-electron chi connectivity index (χ3n) is 2.57. The molecule has 0 amide bonds. The molecule has 0 atom stereocenters. The Bertz CT molecular complexity index is 390. The molecule has 1 aromatic rings. The molecule has 0 saturated heterocycles. The Hall–Kier alpha value is -0.870. The summed E-state index contributed by atoms with van der Waals surface area (Å²) in [4.78, 5) is 0. The first-order valence-electron chi connectivity index (χ1n) is 4.51. The van der Waals surface area contributed by atoms with Gasteiger partial charge in [0.05, 0.1) is 10.6 Å². The Morgan fingerprint density at radius 1 is 1.40 bits per heavy atom. The predicted octanol–water partition coefficient (Wildman–Crippen LogP) is 2.39. The number of rotatable bonds is 2. The van der Waals surface area contributed by atoms with Crippen molar-refractivity contribution in [2.45, 2.75) is 24.9 Å². The van der Waals surface area contributed by atoms with Crippen molar-refractivity contribution in [2.24, 2.45) is 0 Å². The molecule has 0 heterocycles. The van der Waals surface area contributed by atoms with Crippen molar-refractivity contribution in [1.82, 2.24) is 0 Å². The lowest BCUT2D eigenvalue weighted by atomic mass is 10.0. The van der Waals surface area contributed by atoms with E-state index in [4.69, 9.17) is 11.6 Å². The van der Waals surface area contributed by atoms with Crippen molar-refractivity contribution in [2.75, 3.05) is 0 Å². The Kier molecular flexibility index (Phi) is 2.35. The number of halogens is 3.